The first-order valence-electron chi connectivity index (χ1n) is 5.66. The van der Waals surface area contributed by atoms with Crippen LogP contribution in [0.2, 0.25) is 0 Å². The van der Waals surface area contributed by atoms with E-state index in [1.165, 1.54) is 0 Å². The number of thiol groups is 1. The molecule has 5 N–H and O–H groups in total. The maximum Gasteiger partial charge on any atom is 0.133 e. The van der Waals surface area contributed by atoms with Crippen molar-refractivity contribution in [2.75, 3.05) is 19.7 Å². The number of rotatable bonds is 8. The number of aliphatic hydroxyl groups is 5. The third-order valence-corrected chi connectivity index (χ3v) is 3.04. The molecule has 0 spiro atoms. The van der Waals surface area contributed by atoms with E-state index in [2.05, 4.69) is 12.6 Å². The van der Waals surface area contributed by atoms with E-state index in [-0.39, 0.29) is 10.9 Å². The molecule has 0 fully saturated rings. The van der Waals surface area contributed by atoms with Gasteiger partial charge in [0, 0.05) is 13.1 Å². The predicted octanol–water partition coefficient (Wildman–Crippen LogP) is -1.65. The maximum absolute atomic E-state index is 9.74. The third kappa shape index (κ3) is 5.79. The lowest BCUT2D eigenvalue weighted by Gasteiger charge is -2.30. The molecule has 0 amide bonds. The average Bonchev–Trinajstić information content (AvgIpc) is 2.34. The molecule has 0 bridgehead atoms. The van der Waals surface area contributed by atoms with Crippen LogP contribution in [0.5, 0.6) is 0 Å². The second-order valence-electron chi connectivity index (χ2n) is 4.03. The molecule has 18 heavy (non-hydrogen) atoms. The monoisotopic (exact) mass is 299 g/mol. The smallest absolute Gasteiger partial charge is 0.133 e. The Bertz CT molecular complexity index is 256. The van der Waals surface area contributed by atoms with E-state index < -0.39 is 31.0 Å². The summed E-state index contributed by atoms with van der Waals surface area (Å²) < 4.78 is 0.278. The van der Waals surface area contributed by atoms with Gasteiger partial charge in [0.25, 0.3) is 0 Å². The quantitative estimate of drug-likeness (QED) is 0.236. The Labute approximate surface area is 117 Å². The summed E-state index contributed by atoms with van der Waals surface area (Å²) in [6.07, 6.45) is -5.23. The summed E-state index contributed by atoms with van der Waals surface area (Å²) in [6.45, 7) is 1.78. The number of hydrogen-bond acceptors (Lipinski definition) is 6. The van der Waals surface area contributed by atoms with Crippen LogP contribution in [0.4, 0.5) is 0 Å². The van der Waals surface area contributed by atoms with E-state index in [0.717, 1.165) is 6.42 Å². The summed E-state index contributed by atoms with van der Waals surface area (Å²) in [5.41, 5.74) is 0. The molecule has 6 nitrogen and oxygen atoms in total. The van der Waals surface area contributed by atoms with Gasteiger partial charge in [0.15, 0.2) is 0 Å². The van der Waals surface area contributed by atoms with Gasteiger partial charge in [0.1, 0.15) is 22.6 Å². The van der Waals surface area contributed by atoms with Gasteiger partial charge in [-0.05, 0) is 6.42 Å². The van der Waals surface area contributed by atoms with Crippen LogP contribution in [0.15, 0.2) is 0 Å². The van der Waals surface area contributed by atoms with Crippen molar-refractivity contribution in [2.24, 2.45) is 0 Å². The Kier molecular flexibility index (Phi) is 9.05. The van der Waals surface area contributed by atoms with Crippen LogP contribution in [0.1, 0.15) is 13.3 Å². The Balaban J connectivity index is 4.44. The van der Waals surface area contributed by atoms with Crippen molar-refractivity contribution >= 4 is 29.2 Å². The topological polar surface area (TPSA) is 104 Å². The van der Waals surface area contributed by atoms with Crippen molar-refractivity contribution < 1.29 is 25.5 Å². The van der Waals surface area contributed by atoms with Gasteiger partial charge in [0.2, 0.25) is 0 Å². The van der Waals surface area contributed by atoms with E-state index in [0.29, 0.717) is 6.54 Å². The summed E-state index contributed by atoms with van der Waals surface area (Å²) in [7, 11) is 0. The molecular formula is C10H21NO5S2. The fraction of sp³-hybridized carbons (Fsp3) is 0.900. The molecule has 0 aliphatic rings. The highest BCUT2D eigenvalue weighted by atomic mass is 32.1. The van der Waals surface area contributed by atoms with Crippen LogP contribution in [0.25, 0.3) is 0 Å². The van der Waals surface area contributed by atoms with E-state index in [4.69, 9.17) is 22.4 Å². The maximum atomic E-state index is 9.74. The lowest BCUT2D eigenvalue weighted by molar-refractivity contribution is -0.117. The normalized spacial score (nSPS) is 17.9. The Morgan fingerprint density at radius 2 is 1.67 bits per heavy atom. The summed E-state index contributed by atoms with van der Waals surface area (Å²) in [5.74, 6) is 0. The molecule has 108 valence electrons. The Morgan fingerprint density at radius 3 is 2.06 bits per heavy atom. The number of aliphatic hydroxyl groups excluding tert-OH is 5. The molecule has 0 aromatic heterocycles. The number of thiocarbonyl (C=S) groups is 1. The van der Waals surface area contributed by atoms with Crippen LogP contribution in [0, 0.1) is 0 Å². The molecule has 0 unspecified atom stereocenters. The van der Waals surface area contributed by atoms with Crippen molar-refractivity contribution in [3.05, 3.63) is 0 Å². The summed E-state index contributed by atoms with van der Waals surface area (Å²) in [5, 5.41) is 46.6. The van der Waals surface area contributed by atoms with Crippen molar-refractivity contribution in [1.82, 2.24) is 4.90 Å². The van der Waals surface area contributed by atoms with E-state index in [9.17, 15) is 15.3 Å². The fourth-order valence-corrected chi connectivity index (χ4v) is 1.78. The van der Waals surface area contributed by atoms with Gasteiger partial charge < -0.3 is 30.4 Å². The summed E-state index contributed by atoms with van der Waals surface area (Å²) >= 11 is 8.87. The highest BCUT2D eigenvalue weighted by Gasteiger charge is 2.31. The van der Waals surface area contributed by atoms with Crippen molar-refractivity contribution in [1.29, 1.82) is 0 Å². The fourth-order valence-electron chi connectivity index (χ4n) is 1.43. The predicted molar refractivity (Wildman–Crippen MR) is 74.6 cm³/mol. The largest absolute Gasteiger partial charge is 0.394 e. The highest BCUT2D eigenvalue weighted by molar-refractivity contribution is 8.10. The Hall–Kier alpha value is 0.0400. The molecule has 0 radical (unpaired) electrons. The first-order valence-corrected chi connectivity index (χ1v) is 6.51. The third-order valence-electron chi connectivity index (χ3n) is 2.50. The van der Waals surface area contributed by atoms with Crippen LogP contribution in [0.3, 0.4) is 0 Å². The minimum atomic E-state index is -1.62. The van der Waals surface area contributed by atoms with E-state index >= 15 is 0 Å². The van der Waals surface area contributed by atoms with Gasteiger partial charge in [-0.3, -0.25) is 0 Å². The molecule has 0 aromatic carbocycles. The molecule has 0 saturated heterocycles. The first-order chi connectivity index (χ1) is 8.34. The lowest BCUT2D eigenvalue weighted by atomic mass is 10.0. The minimum Gasteiger partial charge on any atom is -0.394 e. The number of hydrogen-bond donors (Lipinski definition) is 6. The zero-order valence-electron chi connectivity index (χ0n) is 10.2. The van der Waals surface area contributed by atoms with Crippen molar-refractivity contribution in [3.63, 3.8) is 0 Å². The van der Waals surface area contributed by atoms with E-state index in [1.54, 1.807) is 4.90 Å². The van der Waals surface area contributed by atoms with Crippen molar-refractivity contribution in [3.8, 4) is 0 Å². The molecular weight excluding hydrogens is 278 g/mol. The first kappa shape index (κ1) is 18.0. The lowest BCUT2D eigenvalue weighted by Crippen LogP contribution is -2.50. The van der Waals surface area contributed by atoms with E-state index in [1.807, 2.05) is 6.92 Å². The van der Waals surface area contributed by atoms with Crippen LogP contribution in [-0.2, 0) is 0 Å². The molecule has 4 atom stereocenters. The zero-order chi connectivity index (χ0) is 14.3. The second-order valence-corrected chi connectivity index (χ2v) is 5.14. The highest BCUT2D eigenvalue weighted by Crippen LogP contribution is 2.08. The molecule has 0 aliphatic heterocycles. The number of nitrogens with zero attached hydrogens (tertiary/aromatic N) is 1. The molecule has 0 rings (SSSR count). The summed E-state index contributed by atoms with van der Waals surface area (Å²) in [6, 6.07) is 0. The second kappa shape index (κ2) is 9.03. The molecule has 0 heterocycles. The van der Waals surface area contributed by atoms with Crippen LogP contribution in [-0.4, -0.2) is 78.9 Å². The zero-order valence-corrected chi connectivity index (χ0v) is 11.9. The molecule has 0 aliphatic carbocycles. The van der Waals surface area contributed by atoms with Gasteiger partial charge in [-0.15, -0.1) is 12.6 Å². The standard InChI is InChI=1S/C10H21NO5S2/c1-2-3-11(10(17)18)4-6(13)8(15)9(16)7(14)5-12/h6-9,12-16H,2-5H2,1H3,(H,17,18)/t6-,7+,8+,9+/m0/s1. The van der Waals surface area contributed by atoms with Gasteiger partial charge in [-0.2, -0.15) is 0 Å². The average molecular weight is 299 g/mol. The van der Waals surface area contributed by atoms with Gasteiger partial charge in [-0.1, -0.05) is 19.1 Å². The van der Waals surface area contributed by atoms with Crippen molar-refractivity contribution in [2.45, 2.75) is 37.8 Å². The minimum absolute atomic E-state index is 0.00739. The SMILES string of the molecule is CCCN(C[C@H](O)[C@@H](O)[C@H](O)[C@H](O)CO)C(=S)S. The van der Waals surface area contributed by atoms with Gasteiger partial charge >= 0.3 is 0 Å². The molecule has 0 aromatic rings. The van der Waals surface area contributed by atoms with Gasteiger partial charge in [0.05, 0.1) is 12.7 Å². The van der Waals surface area contributed by atoms with Gasteiger partial charge in [-0.25, -0.2) is 0 Å². The Morgan fingerprint density at radius 1 is 1.17 bits per heavy atom. The van der Waals surface area contributed by atoms with Crippen LogP contribution < -0.4 is 0 Å². The van der Waals surface area contributed by atoms with Crippen LogP contribution >= 0.6 is 24.8 Å². The molecule has 0 saturated carbocycles. The molecule has 8 heteroatoms. The summed E-state index contributed by atoms with van der Waals surface area (Å²) in [4.78, 5) is 1.57.